The molecule has 1 aromatic heterocycles. The van der Waals surface area contributed by atoms with Gasteiger partial charge in [-0.05, 0) is 68.1 Å². The molecular formula is C36H53N7O6. The Bertz CT molecular complexity index is 1390. The fraction of sp³-hybridized carbons (Fsp3) is 0.722. The molecule has 1 aromatic rings. The van der Waals surface area contributed by atoms with Gasteiger partial charge in [-0.25, -0.2) is 4.98 Å². The van der Waals surface area contributed by atoms with Crippen LogP contribution in [0.2, 0.25) is 0 Å². The average Bonchev–Trinajstić information content (AvgIpc) is 3.65. The molecule has 4 N–H and O–H groups in total. The SMILES string of the molecule is CCC[C@@H](NC(=O)[C@H]1[C@H]2CCC[C@@H]2CN1C(=O)[C@@H](NC(=O)[C@@H](NC(=O)c1cnccn1)C1CCCCC1)C(C)(C)C)C(=O)C(=O)NC1CC1. The highest BCUT2D eigenvalue weighted by molar-refractivity contribution is 6.38. The third-order valence-corrected chi connectivity index (χ3v) is 10.7. The zero-order chi connectivity index (χ0) is 35.3. The van der Waals surface area contributed by atoms with Crippen molar-refractivity contribution in [2.75, 3.05) is 6.54 Å². The van der Waals surface area contributed by atoms with Gasteiger partial charge in [-0.1, -0.05) is 59.8 Å². The first-order valence-electron chi connectivity index (χ1n) is 18.2. The van der Waals surface area contributed by atoms with E-state index in [0.29, 0.717) is 19.4 Å². The van der Waals surface area contributed by atoms with Gasteiger partial charge in [0.05, 0.1) is 12.2 Å². The van der Waals surface area contributed by atoms with Crippen molar-refractivity contribution >= 4 is 35.3 Å². The summed E-state index contributed by atoms with van der Waals surface area (Å²) in [4.78, 5) is 91.4. The maximum atomic E-state index is 14.6. The number of rotatable bonds is 13. The van der Waals surface area contributed by atoms with Gasteiger partial charge in [-0.2, -0.15) is 0 Å². The molecule has 0 spiro atoms. The fourth-order valence-electron chi connectivity index (χ4n) is 7.87. The third kappa shape index (κ3) is 8.83. The minimum Gasteiger partial charge on any atom is -0.347 e. The lowest BCUT2D eigenvalue weighted by Crippen LogP contribution is -2.62. The van der Waals surface area contributed by atoms with Gasteiger partial charge in [0.1, 0.15) is 23.8 Å². The first-order valence-corrected chi connectivity index (χ1v) is 18.2. The van der Waals surface area contributed by atoms with Crippen molar-refractivity contribution in [1.82, 2.24) is 36.1 Å². The fourth-order valence-corrected chi connectivity index (χ4v) is 7.87. The second-order valence-electron chi connectivity index (χ2n) is 15.5. The van der Waals surface area contributed by atoms with Crippen LogP contribution in [0.15, 0.2) is 18.6 Å². The lowest BCUT2D eigenvalue weighted by Gasteiger charge is -2.38. The maximum absolute atomic E-state index is 14.6. The summed E-state index contributed by atoms with van der Waals surface area (Å²) in [6, 6.07) is -3.68. The number of amides is 5. The molecule has 5 amide bonds. The van der Waals surface area contributed by atoms with Gasteiger partial charge >= 0.3 is 0 Å². The number of nitrogens with zero attached hydrogens (tertiary/aromatic N) is 3. The Balaban J connectivity index is 1.36. The van der Waals surface area contributed by atoms with Gasteiger partial charge in [-0.15, -0.1) is 0 Å². The molecule has 49 heavy (non-hydrogen) atoms. The van der Waals surface area contributed by atoms with Gasteiger partial charge < -0.3 is 26.2 Å². The lowest BCUT2D eigenvalue weighted by atomic mass is 9.82. The van der Waals surface area contributed by atoms with Gasteiger partial charge in [0.15, 0.2) is 0 Å². The average molecular weight is 680 g/mol. The van der Waals surface area contributed by atoms with Crippen LogP contribution < -0.4 is 21.3 Å². The summed E-state index contributed by atoms with van der Waals surface area (Å²) < 4.78 is 0. The number of fused-ring (bicyclic) bond motifs is 1. The van der Waals surface area contributed by atoms with Crippen LogP contribution >= 0.6 is 0 Å². The van der Waals surface area contributed by atoms with E-state index < -0.39 is 59.0 Å². The zero-order valence-corrected chi connectivity index (χ0v) is 29.3. The molecule has 0 bridgehead atoms. The molecule has 13 nitrogen and oxygen atoms in total. The van der Waals surface area contributed by atoms with Crippen LogP contribution in [-0.2, 0) is 24.0 Å². The summed E-state index contributed by atoms with van der Waals surface area (Å²) in [7, 11) is 0. The van der Waals surface area contributed by atoms with Crippen LogP contribution in [-0.4, -0.2) is 86.9 Å². The molecule has 3 saturated carbocycles. The Hall–Kier alpha value is -3.90. The van der Waals surface area contributed by atoms with Crippen LogP contribution in [0, 0.1) is 23.2 Å². The normalized spacial score (nSPS) is 24.2. The molecule has 4 aliphatic rings. The van der Waals surface area contributed by atoms with Crippen molar-refractivity contribution in [3.63, 3.8) is 0 Å². The Kier molecular flexibility index (Phi) is 11.7. The highest BCUT2D eigenvalue weighted by Crippen LogP contribution is 2.43. The molecule has 13 heteroatoms. The van der Waals surface area contributed by atoms with E-state index in [1.54, 1.807) is 4.90 Å². The van der Waals surface area contributed by atoms with Gasteiger partial charge in [0.25, 0.3) is 11.8 Å². The minimum absolute atomic E-state index is 0.0132. The van der Waals surface area contributed by atoms with E-state index in [1.807, 2.05) is 27.7 Å². The monoisotopic (exact) mass is 679 g/mol. The van der Waals surface area contributed by atoms with Crippen molar-refractivity contribution in [2.24, 2.45) is 23.2 Å². The number of carbonyl (C=O) groups excluding carboxylic acids is 6. The molecule has 6 atom stereocenters. The predicted octanol–water partition coefficient (Wildman–Crippen LogP) is 2.45. The Morgan fingerprint density at radius 3 is 2.27 bits per heavy atom. The van der Waals surface area contributed by atoms with Gasteiger partial charge in [0.2, 0.25) is 23.5 Å². The van der Waals surface area contributed by atoms with E-state index in [2.05, 4.69) is 31.2 Å². The molecule has 4 fully saturated rings. The second kappa shape index (κ2) is 15.8. The number of likely N-dealkylation sites (tertiary alicyclic amines) is 1. The highest BCUT2D eigenvalue weighted by atomic mass is 16.2. The van der Waals surface area contributed by atoms with Crippen molar-refractivity contribution < 1.29 is 28.8 Å². The molecule has 0 radical (unpaired) electrons. The van der Waals surface area contributed by atoms with E-state index in [1.165, 1.54) is 18.6 Å². The standard InChI is InChI=1S/C36H53N7O6/c1-5-10-25(29(44)34(48)39-23-15-16-23)40-33(47)28-24-14-9-13-22(24)20-43(28)35(49)30(36(2,3)4)42-32(46)27(21-11-7-6-8-12-21)41-31(45)26-19-37-17-18-38-26/h17-19,21-25,27-28,30H,5-16,20H2,1-4H3,(H,39,48)(H,40,47)(H,41,45)(H,42,46)/t22-,24+,25-,27+,28-,30-/m1/s1. The predicted molar refractivity (Wildman–Crippen MR) is 181 cm³/mol. The third-order valence-electron chi connectivity index (χ3n) is 10.7. The van der Waals surface area contributed by atoms with Gasteiger partial charge in [0, 0.05) is 25.0 Å². The zero-order valence-electron chi connectivity index (χ0n) is 29.3. The first kappa shape index (κ1) is 36.4. The molecule has 0 aromatic carbocycles. The molecule has 0 unspecified atom stereocenters. The topological polar surface area (TPSA) is 180 Å². The van der Waals surface area contributed by atoms with Crippen LogP contribution in [0.3, 0.4) is 0 Å². The van der Waals surface area contributed by atoms with E-state index >= 15 is 0 Å². The van der Waals surface area contributed by atoms with Crippen molar-refractivity contribution in [1.29, 1.82) is 0 Å². The van der Waals surface area contributed by atoms with Crippen molar-refractivity contribution in [3.05, 3.63) is 24.3 Å². The largest absolute Gasteiger partial charge is 0.347 e. The van der Waals surface area contributed by atoms with E-state index in [9.17, 15) is 28.8 Å². The number of aromatic nitrogens is 2. The van der Waals surface area contributed by atoms with Crippen molar-refractivity contribution in [3.8, 4) is 0 Å². The molecule has 1 aliphatic heterocycles. The lowest BCUT2D eigenvalue weighted by molar-refractivity contribution is -0.146. The van der Waals surface area contributed by atoms with E-state index in [0.717, 1.165) is 64.2 Å². The van der Waals surface area contributed by atoms with Crippen LogP contribution in [0.5, 0.6) is 0 Å². The highest BCUT2D eigenvalue weighted by Gasteiger charge is 2.52. The smallest absolute Gasteiger partial charge is 0.289 e. The maximum Gasteiger partial charge on any atom is 0.289 e. The Morgan fingerprint density at radius 1 is 0.898 bits per heavy atom. The Labute approximate surface area is 288 Å². The number of Topliss-reactive ketones (excluding diaryl/α,β-unsaturated/α-hetero) is 1. The molecule has 268 valence electrons. The number of nitrogens with one attached hydrogen (secondary N) is 4. The summed E-state index contributed by atoms with van der Waals surface area (Å²) in [5.74, 6) is -3.20. The summed E-state index contributed by atoms with van der Waals surface area (Å²) in [5.41, 5.74) is -0.638. The van der Waals surface area contributed by atoms with Crippen LogP contribution in [0.4, 0.5) is 0 Å². The second-order valence-corrected chi connectivity index (χ2v) is 15.5. The minimum atomic E-state index is -0.994. The quantitative estimate of drug-likeness (QED) is 0.230. The first-order chi connectivity index (χ1) is 23.4. The molecule has 5 rings (SSSR count). The van der Waals surface area contributed by atoms with Gasteiger partial charge in [-0.3, -0.25) is 33.8 Å². The Morgan fingerprint density at radius 2 is 1.63 bits per heavy atom. The summed E-state index contributed by atoms with van der Waals surface area (Å²) in [6.07, 6.45) is 13.9. The molecule has 3 aliphatic carbocycles. The van der Waals surface area contributed by atoms with Crippen LogP contribution in [0.1, 0.15) is 115 Å². The summed E-state index contributed by atoms with van der Waals surface area (Å²) in [6.45, 7) is 7.85. The number of hydrogen-bond donors (Lipinski definition) is 4. The van der Waals surface area contributed by atoms with E-state index in [-0.39, 0.29) is 35.4 Å². The molecular weight excluding hydrogens is 626 g/mol. The molecule has 1 saturated heterocycles. The number of carbonyl (C=O) groups is 6. The van der Waals surface area contributed by atoms with Crippen molar-refractivity contribution in [2.45, 2.75) is 135 Å². The van der Waals surface area contributed by atoms with Crippen LogP contribution in [0.25, 0.3) is 0 Å². The summed E-state index contributed by atoms with van der Waals surface area (Å²) in [5, 5.41) is 11.5. The number of ketones is 1. The summed E-state index contributed by atoms with van der Waals surface area (Å²) >= 11 is 0. The molecule has 2 heterocycles. The number of hydrogen-bond acceptors (Lipinski definition) is 8. The van der Waals surface area contributed by atoms with E-state index in [4.69, 9.17) is 0 Å².